The fraction of sp³-hybridized carbons (Fsp3) is 0.100. The van der Waals surface area contributed by atoms with Gasteiger partial charge in [0.1, 0.15) is 5.82 Å². The maximum atomic E-state index is 13.0. The van der Waals surface area contributed by atoms with Crippen molar-refractivity contribution in [2.45, 2.75) is 6.54 Å². The van der Waals surface area contributed by atoms with E-state index in [1.54, 1.807) is 6.07 Å². The maximum absolute atomic E-state index is 13.0. The molecule has 0 saturated heterocycles. The predicted molar refractivity (Wildman–Crippen MR) is 60.4 cm³/mol. The van der Waals surface area contributed by atoms with Crippen LogP contribution < -0.4 is 5.73 Å². The lowest BCUT2D eigenvalue weighted by atomic mass is 10.1. The van der Waals surface area contributed by atoms with Crippen LogP contribution in [0.15, 0.2) is 24.3 Å². The maximum Gasteiger partial charge on any atom is 0.184 e. The lowest BCUT2D eigenvalue weighted by Crippen LogP contribution is -1.98. The zero-order chi connectivity index (χ0) is 10.8. The van der Waals surface area contributed by atoms with Gasteiger partial charge in [-0.2, -0.15) is 0 Å². The van der Waals surface area contributed by atoms with Gasteiger partial charge in [0.05, 0.1) is 10.6 Å². The van der Waals surface area contributed by atoms with E-state index < -0.39 is 0 Å². The van der Waals surface area contributed by atoms with Gasteiger partial charge in [-0.3, -0.25) is 0 Å². The van der Waals surface area contributed by atoms with Gasteiger partial charge in [0.2, 0.25) is 0 Å². The third kappa shape index (κ3) is 2.17. The Morgan fingerprint density at radius 2 is 2.27 bits per heavy atom. The van der Waals surface area contributed by atoms with Gasteiger partial charge in [-0.1, -0.05) is 23.7 Å². The summed E-state index contributed by atoms with van der Waals surface area (Å²) in [5.74, 6) is -0.278. The molecule has 0 unspecified atom stereocenters. The Morgan fingerprint density at radius 3 is 2.93 bits per heavy atom. The van der Waals surface area contributed by atoms with Crippen molar-refractivity contribution in [3.8, 4) is 10.4 Å². The topological polar surface area (TPSA) is 38.9 Å². The van der Waals surface area contributed by atoms with Crippen LogP contribution in [0.4, 0.5) is 4.39 Å². The Balaban J connectivity index is 2.53. The van der Waals surface area contributed by atoms with E-state index in [-0.39, 0.29) is 5.82 Å². The lowest BCUT2D eigenvalue weighted by Gasteiger charge is -1.99. The van der Waals surface area contributed by atoms with Gasteiger partial charge in [-0.05, 0) is 17.7 Å². The number of halogens is 2. The van der Waals surface area contributed by atoms with E-state index in [0.29, 0.717) is 16.7 Å². The van der Waals surface area contributed by atoms with Crippen molar-refractivity contribution in [1.82, 2.24) is 4.98 Å². The smallest absolute Gasteiger partial charge is 0.184 e. The first kappa shape index (κ1) is 10.5. The molecule has 2 nitrogen and oxygen atoms in total. The Labute approximate surface area is 95.5 Å². The summed E-state index contributed by atoms with van der Waals surface area (Å²) in [5.41, 5.74) is 7.00. The zero-order valence-electron chi connectivity index (χ0n) is 7.71. The highest BCUT2D eigenvalue weighted by molar-refractivity contribution is 7.19. The van der Waals surface area contributed by atoms with Crippen LogP contribution in [0, 0.1) is 5.82 Å². The van der Waals surface area contributed by atoms with Crippen molar-refractivity contribution < 1.29 is 4.39 Å². The second-order valence-electron chi connectivity index (χ2n) is 2.96. The summed E-state index contributed by atoms with van der Waals surface area (Å²) in [6.45, 7) is 0.301. The van der Waals surface area contributed by atoms with Crippen LogP contribution in [0.1, 0.15) is 5.69 Å². The van der Waals surface area contributed by atoms with Gasteiger partial charge in [0.15, 0.2) is 4.47 Å². The van der Waals surface area contributed by atoms with Crippen LogP contribution >= 0.6 is 22.9 Å². The van der Waals surface area contributed by atoms with Crippen molar-refractivity contribution in [2.24, 2.45) is 5.73 Å². The fourth-order valence-corrected chi connectivity index (χ4v) is 2.47. The number of hydrogen-bond acceptors (Lipinski definition) is 3. The van der Waals surface area contributed by atoms with Crippen molar-refractivity contribution in [1.29, 1.82) is 0 Å². The second kappa shape index (κ2) is 4.26. The number of benzene rings is 1. The molecule has 0 aliphatic rings. The monoisotopic (exact) mass is 242 g/mol. The predicted octanol–water partition coefficient (Wildman–Crippen LogP) is 3.06. The molecule has 0 amide bonds. The molecule has 0 atom stereocenters. The highest BCUT2D eigenvalue weighted by Crippen LogP contribution is 2.32. The van der Waals surface area contributed by atoms with Crippen LogP contribution in [-0.2, 0) is 6.54 Å². The minimum Gasteiger partial charge on any atom is -0.325 e. The molecule has 0 aliphatic carbocycles. The molecule has 0 aliphatic heterocycles. The summed E-state index contributed by atoms with van der Waals surface area (Å²) < 4.78 is 13.4. The lowest BCUT2D eigenvalue weighted by molar-refractivity contribution is 0.628. The molecule has 0 saturated carbocycles. The van der Waals surface area contributed by atoms with E-state index in [1.807, 2.05) is 6.07 Å². The average molecular weight is 243 g/mol. The molecular formula is C10H8ClFN2S. The highest BCUT2D eigenvalue weighted by Gasteiger charge is 2.10. The van der Waals surface area contributed by atoms with Gasteiger partial charge >= 0.3 is 0 Å². The number of nitrogens with two attached hydrogens (primary N) is 1. The summed E-state index contributed by atoms with van der Waals surface area (Å²) in [4.78, 5) is 4.91. The average Bonchev–Trinajstić information content (AvgIpc) is 2.59. The number of thiazole rings is 1. The van der Waals surface area contributed by atoms with E-state index >= 15 is 0 Å². The molecular weight excluding hydrogens is 235 g/mol. The minimum absolute atomic E-state index is 0.278. The van der Waals surface area contributed by atoms with Gasteiger partial charge in [0, 0.05) is 6.54 Å². The zero-order valence-corrected chi connectivity index (χ0v) is 9.28. The minimum atomic E-state index is -0.278. The van der Waals surface area contributed by atoms with E-state index in [1.165, 1.54) is 23.5 Å². The van der Waals surface area contributed by atoms with Crippen LogP contribution in [0.5, 0.6) is 0 Å². The molecule has 2 rings (SSSR count). The van der Waals surface area contributed by atoms with E-state index in [9.17, 15) is 4.39 Å². The molecule has 0 radical (unpaired) electrons. The Morgan fingerprint density at radius 1 is 1.47 bits per heavy atom. The van der Waals surface area contributed by atoms with Crippen LogP contribution in [0.2, 0.25) is 4.47 Å². The van der Waals surface area contributed by atoms with Gasteiger partial charge in [0.25, 0.3) is 0 Å². The normalized spacial score (nSPS) is 10.6. The number of nitrogens with zero attached hydrogens (tertiary/aromatic N) is 1. The Hall–Kier alpha value is -0.970. The summed E-state index contributed by atoms with van der Waals surface area (Å²) >= 11 is 7.10. The Kier molecular flexibility index (Phi) is 3.00. The number of aromatic nitrogens is 1. The third-order valence-corrected chi connectivity index (χ3v) is 3.20. The largest absolute Gasteiger partial charge is 0.325 e. The standard InChI is InChI=1S/C10H8ClFN2S/c11-10-14-8(5-13)9(15-10)6-2-1-3-7(12)4-6/h1-4H,5,13H2. The molecule has 1 heterocycles. The Bertz CT molecular complexity index is 484. The van der Waals surface area contributed by atoms with Crippen molar-refractivity contribution in [3.63, 3.8) is 0 Å². The SMILES string of the molecule is NCc1nc(Cl)sc1-c1cccc(F)c1. The fourth-order valence-electron chi connectivity index (χ4n) is 1.32. The van der Waals surface area contributed by atoms with E-state index in [4.69, 9.17) is 17.3 Å². The molecule has 1 aromatic heterocycles. The first-order chi connectivity index (χ1) is 7.20. The van der Waals surface area contributed by atoms with Crippen molar-refractivity contribution >= 4 is 22.9 Å². The van der Waals surface area contributed by atoms with Crippen molar-refractivity contribution in [2.75, 3.05) is 0 Å². The number of hydrogen-bond donors (Lipinski definition) is 1. The highest BCUT2D eigenvalue weighted by atomic mass is 35.5. The number of rotatable bonds is 2. The van der Waals surface area contributed by atoms with Gasteiger partial charge in [-0.15, -0.1) is 11.3 Å². The third-order valence-electron chi connectivity index (χ3n) is 1.95. The van der Waals surface area contributed by atoms with E-state index in [2.05, 4.69) is 4.98 Å². The van der Waals surface area contributed by atoms with Gasteiger partial charge in [-0.25, -0.2) is 9.37 Å². The second-order valence-corrected chi connectivity index (χ2v) is 4.54. The molecule has 78 valence electrons. The summed E-state index contributed by atoms with van der Waals surface area (Å²) in [6.07, 6.45) is 0. The molecule has 0 bridgehead atoms. The quantitative estimate of drug-likeness (QED) is 0.879. The molecule has 1 aromatic carbocycles. The summed E-state index contributed by atoms with van der Waals surface area (Å²) in [5, 5.41) is 0. The molecule has 0 fully saturated rings. The molecule has 2 aromatic rings. The van der Waals surface area contributed by atoms with Gasteiger partial charge < -0.3 is 5.73 Å². The molecule has 2 N–H and O–H groups in total. The molecule has 0 spiro atoms. The first-order valence-electron chi connectivity index (χ1n) is 4.32. The molecule has 15 heavy (non-hydrogen) atoms. The summed E-state index contributed by atoms with van der Waals surface area (Å²) in [7, 11) is 0. The molecule has 5 heteroatoms. The van der Waals surface area contributed by atoms with Crippen LogP contribution in [0.25, 0.3) is 10.4 Å². The van der Waals surface area contributed by atoms with E-state index in [0.717, 1.165) is 10.4 Å². The van der Waals surface area contributed by atoms with Crippen LogP contribution in [0.3, 0.4) is 0 Å². The summed E-state index contributed by atoms with van der Waals surface area (Å²) in [6, 6.07) is 6.31. The first-order valence-corrected chi connectivity index (χ1v) is 5.51. The van der Waals surface area contributed by atoms with Crippen molar-refractivity contribution in [3.05, 3.63) is 40.2 Å². The van der Waals surface area contributed by atoms with Crippen LogP contribution in [-0.4, -0.2) is 4.98 Å².